The van der Waals surface area contributed by atoms with Crippen molar-refractivity contribution >= 4 is 34.0 Å². The molecule has 0 amide bonds. The van der Waals surface area contributed by atoms with E-state index >= 15 is 0 Å². The van der Waals surface area contributed by atoms with Crippen LogP contribution in [0.2, 0.25) is 0 Å². The van der Waals surface area contributed by atoms with Gasteiger partial charge in [0.2, 0.25) is 0 Å². The molecule has 1 heterocycles. The molecule has 1 aromatic heterocycles. The summed E-state index contributed by atoms with van der Waals surface area (Å²) in [7, 11) is 0. The van der Waals surface area contributed by atoms with Crippen LogP contribution < -0.4 is 0 Å². The molecule has 0 unspecified atom stereocenters. The molecule has 2 aromatic carbocycles. The van der Waals surface area contributed by atoms with Crippen molar-refractivity contribution in [2.24, 2.45) is 0 Å². The number of aromatic amines is 1. The van der Waals surface area contributed by atoms with Crippen molar-refractivity contribution in [3.05, 3.63) is 60.7 Å². The van der Waals surface area contributed by atoms with E-state index in [2.05, 4.69) is 54.5 Å². The lowest BCUT2D eigenvalue weighted by Crippen LogP contribution is -1.72. The molecule has 0 atom stereocenters. The Labute approximate surface area is 100 Å². The van der Waals surface area contributed by atoms with Crippen molar-refractivity contribution in [1.82, 2.24) is 4.98 Å². The summed E-state index contributed by atoms with van der Waals surface area (Å²) in [6.07, 6.45) is 3.73. The maximum Gasteiger partial charge on any atom is 0.0470 e. The zero-order valence-electron chi connectivity index (χ0n) is 9.53. The first-order chi connectivity index (χ1) is 8.31. The molecule has 1 heteroatoms. The Kier molecular flexibility index (Phi) is 2.12. The van der Waals surface area contributed by atoms with Crippen LogP contribution in [-0.2, 0) is 0 Å². The monoisotopic (exact) mass is 219 g/mol. The molecule has 0 aliphatic rings. The Hall–Kier alpha value is -2.28. The van der Waals surface area contributed by atoms with Gasteiger partial charge in [0.05, 0.1) is 0 Å². The van der Waals surface area contributed by atoms with E-state index in [9.17, 15) is 0 Å². The van der Waals surface area contributed by atoms with Crippen molar-refractivity contribution in [3.63, 3.8) is 0 Å². The van der Waals surface area contributed by atoms with Crippen LogP contribution in [-0.4, -0.2) is 4.98 Å². The first-order valence-corrected chi connectivity index (χ1v) is 5.62. The largest absolute Gasteiger partial charge is 0.354 e. The summed E-state index contributed by atoms with van der Waals surface area (Å²) in [5.41, 5.74) is 4.59. The topological polar surface area (TPSA) is 15.8 Å². The van der Waals surface area contributed by atoms with Gasteiger partial charge in [-0.25, -0.2) is 0 Å². The molecule has 0 aliphatic heterocycles. The Morgan fingerprint density at radius 3 is 2.24 bits per heavy atom. The quantitative estimate of drug-likeness (QED) is 0.648. The molecule has 0 saturated carbocycles. The van der Waals surface area contributed by atoms with Crippen molar-refractivity contribution in [2.45, 2.75) is 0 Å². The summed E-state index contributed by atoms with van der Waals surface area (Å²) < 4.78 is 0. The Bertz CT molecular complexity index is 732. The minimum absolute atomic E-state index is 1.13. The van der Waals surface area contributed by atoms with E-state index in [1.165, 1.54) is 10.8 Å². The summed E-state index contributed by atoms with van der Waals surface area (Å²) in [5, 5.41) is 2.49. The third-order valence-corrected chi connectivity index (χ3v) is 3.12. The van der Waals surface area contributed by atoms with Gasteiger partial charge in [0.25, 0.3) is 0 Å². The average molecular weight is 219 g/mol. The highest BCUT2D eigenvalue weighted by atomic mass is 14.7. The lowest BCUT2D eigenvalue weighted by atomic mass is 10.1. The molecule has 17 heavy (non-hydrogen) atoms. The minimum atomic E-state index is 1.13. The molecular weight excluding hydrogens is 206 g/mol. The molecule has 3 rings (SSSR count). The van der Waals surface area contributed by atoms with Crippen LogP contribution in [0.15, 0.2) is 49.6 Å². The second-order valence-corrected chi connectivity index (χ2v) is 4.14. The summed E-state index contributed by atoms with van der Waals surface area (Å²) in [6.45, 7) is 7.60. The molecule has 0 aliphatic carbocycles. The number of fused-ring (bicyclic) bond motifs is 3. The number of rotatable bonds is 2. The predicted molar refractivity (Wildman–Crippen MR) is 76.0 cm³/mol. The fourth-order valence-corrected chi connectivity index (χ4v) is 2.19. The van der Waals surface area contributed by atoms with Crippen LogP contribution in [0.1, 0.15) is 11.1 Å². The highest BCUT2D eigenvalue weighted by molar-refractivity contribution is 6.08. The predicted octanol–water partition coefficient (Wildman–Crippen LogP) is 4.61. The number of nitrogens with one attached hydrogen (secondary N) is 1. The first-order valence-electron chi connectivity index (χ1n) is 5.62. The van der Waals surface area contributed by atoms with Gasteiger partial charge in [-0.2, -0.15) is 0 Å². The van der Waals surface area contributed by atoms with Gasteiger partial charge in [-0.1, -0.05) is 43.5 Å². The van der Waals surface area contributed by atoms with Gasteiger partial charge < -0.3 is 4.98 Å². The van der Waals surface area contributed by atoms with E-state index in [4.69, 9.17) is 0 Å². The molecule has 0 saturated heterocycles. The molecule has 1 nitrogen and oxygen atoms in total. The van der Waals surface area contributed by atoms with Crippen LogP contribution >= 0.6 is 0 Å². The van der Waals surface area contributed by atoms with Gasteiger partial charge in [-0.3, -0.25) is 0 Å². The normalized spacial score (nSPS) is 10.8. The van der Waals surface area contributed by atoms with Crippen LogP contribution in [0.25, 0.3) is 34.0 Å². The number of hydrogen-bond acceptors (Lipinski definition) is 0. The van der Waals surface area contributed by atoms with Gasteiger partial charge in [-0.05, 0) is 29.3 Å². The maximum atomic E-state index is 3.81. The first kappa shape index (κ1) is 9.91. The van der Waals surface area contributed by atoms with E-state index < -0.39 is 0 Å². The molecule has 0 radical (unpaired) electrons. The second-order valence-electron chi connectivity index (χ2n) is 4.14. The SMILES string of the molecule is C=Cc1ccc2c(c1)[nH]c1ccc(C=C)cc12. The van der Waals surface area contributed by atoms with Crippen molar-refractivity contribution in [1.29, 1.82) is 0 Å². The van der Waals surface area contributed by atoms with E-state index in [0.29, 0.717) is 0 Å². The fourth-order valence-electron chi connectivity index (χ4n) is 2.19. The molecular formula is C16H13N. The van der Waals surface area contributed by atoms with Gasteiger partial charge >= 0.3 is 0 Å². The van der Waals surface area contributed by atoms with E-state index in [0.717, 1.165) is 22.2 Å². The van der Waals surface area contributed by atoms with Gasteiger partial charge in [-0.15, -0.1) is 0 Å². The Balaban J connectivity index is 2.41. The van der Waals surface area contributed by atoms with E-state index in [1.807, 2.05) is 12.2 Å². The number of benzene rings is 2. The van der Waals surface area contributed by atoms with Crippen molar-refractivity contribution in [3.8, 4) is 0 Å². The zero-order valence-corrected chi connectivity index (χ0v) is 9.53. The number of H-pyrrole nitrogens is 1. The van der Waals surface area contributed by atoms with Crippen LogP contribution in [0.3, 0.4) is 0 Å². The molecule has 0 fully saturated rings. The third kappa shape index (κ3) is 1.48. The fraction of sp³-hybridized carbons (Fsp3) is 0. The maximum absolute atomic E-state index is 3.81. The van der Waals surface area contributed by atoms with Crippen molar-refractivity contribution < 1.29 is 0 Å². The zero-order chi connectivity index (χ0) is 11.8. The highest BCUT2D eigenvalue weighted by Gasteiger charge is 2.04. The lowest BCUT2D eigenvalue weighted by molar-refractivity contribution is 1.54. The van der Waals surface area contributed by atoms with Gasteiger partial charge in [0.1, 0.15) is 0 Å². The molecule has 0 bridgehead atoms. The molecule has 82 valence electrons. The number of hydrogen-bond donors (Lipinski definition) is 1. The summed E-state index contributed by atoms with van der Waals surface area (Å²) in [5.74, 6) is 0. The summed E-state index contributed by atoms with van der Waals surface area (Å²) >= 11 is 0. The second kappa shape index (κ2) is 3.63. The number of aromatic nitrogens is 1. The van der Waals surface area contributed by atoms with Crippen LogP contribution in [0.4, 0.5) is 0 Å². The third-order valence-electron chi connectivity index (χ3n) is 3.12. The smallest absolute Gasteiger partial charge is 0.0470 e. The van der Waals surface area contributed by atoms with Gasteiger partial charge in [0.15, 0.2) is 0 Å². The van der Waals surface area contributed by atoms with Crippen molar-refractivity contribution in [2.75, 3.05) is 0 Å². The van der Waals surface area contributed by atoms with Crippen LogP contribution in [0.5, 0.6) is 0 Å². The van der Waals surface area contributed by atoms with E-state index in [1.54, 1.807) is 0 Å². The molecule has 1 N–H and O–H groups in total. The summed E-state index contributed by atoms with van der Waals surface area (Å²) in [4.78, 5) is 3.42. The molecule has 0 spiro atoms. The highest BCUT2D eigenvalue weighted by Crippen LogP contribution is 2.27. The molecule has 3 aromatic rings. The van der Waals surface area contributed by atoms with Crippen LogP contribution in [0, 0.1) is 0 Å². The Morgan fingerprint density at radius 1 is 0.765 bits per heavy atom. The minimum Gasteiger partial charge on any atom is -0.354 e. The summed E-state index contributed by atoms with van der Waals surface area (Å²) in [6, 6.07) is 12.7. The average Bonchev–Trinajstić information content (AvgIpc) is 2.74. The standard InChI is InChI=1S/C16H13N/c1-3-11-6-8-15-14(9-11)13-7-5-12(4-2)10-16(13)17-15/h3-10,17H,1-2H2. The van der Waals surface area contributed by atoms with E-state index in [-0.39, 0.29) is 0 Å². The van der Waals surface area contributed by atoms with Gasteiger partial charge in [0, 0.05) is 21.8 Å². The Morgan fingerprint density at radius 2 is 1.47 bits per heavy atom. The lowest BCUT2D eigenvalue weighted by Gasteiger charge is -1.95.